The Balaban J connectivity index is 3.47. The third kappa shape index (κ3) is 9.20. The second-order valence-corrected chi connectivity index (χ2v) is 9.21. The van der Waals surface area contributed by atoms with Gasteiger partial charge in [0.2, 0.25) is 0 Å². The van der Waals surface area contributed by atoms with Crippen molar-refractivity contribution in [2.45, 2.75) is 86.1 Å². The molecule has 0 saturated heterocycles. The maximum atomic E-state index is 12.4. The van der Waals surface area contributed by atoms with Crippen LogP contribution in [0, 0.1) is 11.8 Å². The number of carbonyl (C=O) groups excluding carboxylic acids is 3. The normalized spacial score (nSPS) is 13.8. The Morgan fingerprint density at radius 3 is 1.91 bits per heavy atom. The maximum Gasteiger partial charge on any atom is 0.510 e. The number of aliphatic carboxylic acids is 1. The zero-order valence-electron chi connectivity index (χ0n) is 21.7. The van der Waals surface area contributed by atoms with Crippen LogP contribution < -0.4 is 14.8 Å². The summed E-state index contributed by atoms with van der Waals surface area (Å²) < 4.78 is 21.1. The van der Waals surface area contributed by atoms with Crippen molar-refractivity contribution in [3.8, 4) is 11.5 Å². The number of benzene rings is 1. The molecule has 1 aromatic carbocycles. The molecule has 1 rings (SSSR count). The van der Waals surface area contributed by atoms with E-state index < -0.39 is 47.7 Å². The van der Waals surface area contributed by atoms with E-state index in [2.05, 4.69) is 5.32 Å². The first kappa shape index (κ1) is 29.9. The average Bonchev–Trinajstić information content (AvgIpc) is 2.74. The number of carboxylic acid groups (broad SMARTS) is 1. The monoisotopic (exact) mass is 495 g/mol. The lowest BCUT2D eigenvalue weighted by Crippen LogP contribution is -2.59. The lowest BCUT2D eigenvalue weighted by molar-refractivity contribution is -0.167. The van der Waals surface area contributed by atoms with E-state index in [1.807, 2.05) is 6.92 Å². The van der Waals surface area contributed by atoms with Gasteiger partial charge in [0, 0.05) is 12.5 Å². The number of carboxylic acids is 1. The summed E-state index contributed by atoms with van der Waals surface area (Å²) in [5.41, 5.74) is -1.83. The molecular formula is C25H37NO9. The van der Waals surface area contributed by atoms with Gasteiger partial charge in [0.25, 0.3) is 5.72 Å². The van der Waals surface area contributed by atoms with E-state index in [0.29, 0.717) is 12.0 Å². The number of nitrogens with one attached hydrogen (secondary N) is 1. The first-order valence-corrected chi connectivity index (χ1v) is 11.7. The largest absolute Gasteiger partial charge is 0.510 e. The minimum absolute atomic E-state index is 0.0115. The first-order valence-electron chi connectivity index (χ1n) is 11.7. The molecule has 0 aliphatic heterocycles. The molecule has 0 fully saturated rings. The van der Waals surface area contributed by atoms with Crippen LogP contribution in [0.4, 0.5) is 4.79 Å². The van der Waals surface area contributed by atoms with Gasteiger partial charge in [-0.05, 0) is 44.9 Å². The molecule has 0 amide bonds. The number of carbonyl (C=O) groups is 4. The summed E-state index contributed by atoms with van der Waals surface area (Å²) >= 11 is 0. The van der Waals surface area contributed by atoms with Crippen molar-refractivity contribution in [2.24, 2.45) is 11.8 Å². The molecule has 0 radical (unpaired) electrons. The molecule has 0 aliphatic carbocycles. The molecule has 1 unspecified atom stereocenters. The van der Waals surface area contributed by atoms with Crippen molar-refractivity contribution < 1.29 is 43.2 Å². The van der Waals surface area contributed by atoms with Gasteiger partial charge >= 0.3 is 24.1 Å². The van der Waals surface area contributed by atoms with Gasteiger partial charge in [0.1, 0.15) is 0 Å². The maximum absolute atomic E-state index is 12.4. The highest BCUT2D eigenvalue weighted by Crippen LogP contribution is 2.32. The van der Waals surface area contributed by atoms with E-state index in [1.54, 1.807) is 48.5 Å². The molecule has 0 heterocycles. The molecule has 0 aliphatic rings. The summed E-state index contributed by atoms with van der Waals surface area (Å²) in [6, 6.07) is 3.96. The Labute approximate surface area is 206 Å². The van der Waals surface area contributed by atoms with E-state index in [4.69, 9.17) is 18.9 Å². The quantitative estimate of drug-likeness (QED) is 0.248. The van der Waals surface area contributed by atoms with Crippen molar-refractivity contribution in [1.82, 2.24) is 5.32 Å². The summed E-state index contributed by atoms with van der Waals surface area (Å²) in [5.74, 6) is -3.47. The van der Waals surface area contributed by atoms with Crippen LogP contribution in [0.15, 0.2) is 18.2 Å². The molecule has 10 nitrogen and oxygen atoms in total. The predicted octanol–water partition coefficient (Wildman–Crippen LogP) is 4.08. The van der Waals surface area contributed by atoms with Gasteiger partial charge in [-0.25, -0.2) is 9.59 Å². The fourth-order valence-corrected chi connectivity index (χ4v) is 2.72. The number of hydrogen-bond donors (Lipinski definition) is 2. The molecule has 2 atom stereocenters. The van der Waals surface area contributed by atoms with Gasteiger partial charge in [0.05, 0.1) is 17.9 Å². The molecule has 0 bridgehead atoms. The summed E-state index contributed by atoms with van der Waals surface area (Å²) in [5, 5.41) is 12.9. The summed E-state index contributed by atoms with van der Waals surface area (Å²) in [6.45, 7) is 13.4. The van der Waals surface area contributed by atoms with Gasteiger partial charge in [-0.2, -0.15) is 0 Å². The van der Waals surface area contributed by atoms with Gasteiger partial charge in [-0.3, -0.25) is 14.9 Å². The highest BCUT2D eigenvalue weighted by atomic mass is 16.7. The molecule has 0 spiro atoms. The third-order valence-corrected chi connectivity index (χ3v) is 4.85. The molecule has 196 valence electrons. The van der Waals surface area contributed by atoms with Crippen LogP contribution in [0.25, 0.3) is 0 Å². The van der Waals surface area contributed by atoms with E-state index in [-0.39, 0.29) is 24.0 Å². The Morgan fingerprint density at radius 1 is 0.914 bits per heavy atom. The third-order valence-electron chi connectivity index (χ3n) is 4.85. The summed E-state index contributed by atoms with van der Waals surface area (Å²) in [4.78, 5) is 49.1. The second kappa shape index (κ2) is 13.1. The summed E-state index contributed by atoms with van der Waals surface area (Å²) in [6.07, 6.45) is -1.44. The average molecular weight is 496 g/mol. The molecule has 35 heavy (non-hydrogen) atoms. The lowest BCUT2D eigenvalue weighted by atomic mass is 10.00. The van der Waals surface area contributed by atoms with E-state index in [9.17, 15) is 24.3 Å². The molecule has 1 aromatic rings. The Bertz CT molecular complexity index is 910. The standard InChI is InChI=1S/C25H37NO9/c1-9-17(8)26-25(23(29)30,35-24(31)32-16(6)7)13-18-10-11-19(33-21(27)14(2)3)20(12-18)34-22(28)15(4)5/h10-12,14-17,26H,9,13H2,1-8H3,(H,29,30)/t17?,25-/m0/s1. The zero-order chi connectivity index (χ0) is 26.9. The lowest BCUT2D eigenvalue weighted by Gasteiger charge is -2.32. The van der Waals surface area contributed by atoms with Crippen molar-refractivity contribution >= 4 is 24.1 Å². The fourth-order valence-electron chi connectivity index (χ4n) is 2.72. The SMILES string of the molecule is CCC(C)N[C@@](Cc1ccc(OC(=O)C(C)C)c(OC(=O)C(C)C)c1)(OC(=O)OC(C)C)C(=O)O. The van der Waals surface area contributed by atoms with Crippen molar-refractivity contribution in [2.75, 3.05) is 0 Å². The predicted molar refractivity (Wildman–Crippen MR) is 127 cm³/mol. The number of esters is 2. The Kier molecular flexibility index (Phi) is 11.2. The van der Waals surface area contributed by atoms with Crippen molar-refractivity contribution in [3.63, 3.8) is 0 Å². The highest BCUT2D eigenvalue weighted by molar-refractivity contribution is 5.81. The zero-order valence-corrected chi connectivity index (χ0v) is 21.7. The number of rotatable bonds is 12. The Morgan fingerprint density at radius 2 is 1.46 bits per heavy atom. The second-order valence-electron chi connectivity index (χ2n) is 9.21. The van der Waals surface area contributed by atoms with E-state index >= 15 is 0 Å². The van der Waals surface area contributed by atoms with Crippen LogP contribution in [-0.2, 0) is 30.3 Å². The van der Waals surface area contributed by atoms with Crippen LogP contribution in [-0.4, -0.2) is 47.0 Å². The number of hydrogen-bond acceptors (Lipinski definition) is 9. The van der Waals surface area contributed by atoms with Crippen LogP contribution in [0.2, 0.25) is 0 Å². The topological polar surface area (TPSA) is 137 Å². The summed E-state index contributed by atoms with van der Waals surface area (Å²) in [7, 11) is 0. The molecule has 2 N–H and O–H groups in total. The molecule has 0 aromatic heterocycles. The molecule has 10 heteroatoms. The van der Waals surface area contributed by atoms with Gasteiger partial charge in [0.15, 0.2) is 11.5 Å². The molecule has 0 saturated carbocycles. The van der Waals surface area contributed by atoms with Gasteiger partial charge in [-0.15, -0.1) is 0 Å². The van der Waals surface area contributed by atoms with Gasteiger partial charge in [-0.1, -0.05) is 40.7 Å². The minimum Gasteiger partial charge on any atom is -0.477 e. The Hall–Kier alpha value is -3.14. The minimum atomic E-state index is -2.17. The first-order chi connectivity index (χ1) is 16.2. The van der Waals surface area contributed by atoms with Crippen LogP contribution >= 0.6 is 0 Å². The highest BCUT2D eigenvalue weighted by Gasteiger charge is 2.45. The van der Waals surface area contributed by atoms with Crippen LogP contribution in [0.5, 0.6) is 11.5 Å². The number of ether oxygens (including phenoxy) is 4. The van der Waals surface area contributed by atoms with Crippen molar-refractivity contribution in [1.29, 1.82) is 0 Å². The van der Waals surface area contributed by atoms with Gasteiger partial charge < -0.3 is 24.1 Å². The van der Waals surface area contributed by atoms with Crippen LogP contribution in [0.1, 0.15) is 67.4 Å². The van der Waals surface area contributed by atoms with E-state index in [1.165, 1.54) is 18.2 Å². The van der Waals surface area contributed by atoms with E-state index in [0.717, 1.165) is 0 Å². The fraction of sp³-hybridized carbons (Fsp3) is 0.600. The van der Waals surface area contributed by atoms with Crippen molar-refractivity contribution in [3.05, 3.63) is 23.8 Å². The van der Waals surface area contributed by atoms with Crippen LogP contribution in [0.3, 0.4) is 0 Å². The smallest absolute Gasteiger partial charge is 0.477 e. The molecular weight excluding hydrogens is 458 g/mol.